The molecule has 0 radical (unpaired) electrons. The summed E-state index contributed by atoms with van der Waals surface area (Å²) < 4.78 is 0. The summed E-state index contributed by atoms with van der Waals surface area (Å²) in [5.41, 5.74) is 2.61. The lowest BCUT2D eigenvalue weighted by atomic mass is 10.0. The third-order valence-electron chi connectivity index (χ3n) is 5.12. The molecular formula is C17H15N3O4. The Hall–Kier alpha value is -2.96. The van der Waals surface area contributed by atoms with E-state index in [9.17, 15) is 20.2 Å². The van der Waals surface area contributed by atoms with Gasteiger partial charge < -0.3 is 5.32 Å². The lowest BCUT2D eigenvalue weighted by Crippen LogP contribution is -2.09. The summed E-state index contributed by atoms with van der Waals surface area (Å²) in [5, 5.41) is 25.1. The third kappa shape index (κ3) is 2.29. The molecule has 0 aliphatic heterocycles. The molecule has 3 unspecified atom stereocenters. The number of nitrogens with zero attached hydrogens (tertiary/aromatic N) is 2. The van der Waals surface area contributed by atoms with Gasteiger partial charge in [0, 0.05) is 12.6 Å². The standard InChI is InChI=1S/C17H15N3O4/c21-19(22)11-5-6-15(16(8-11)20(23)24)18-9-14-13-7-10-3-1-2-4-12(10)17(13)14/h1-6,8,13-14,17-18H,7,9H2. The third-order valence-corrected chi connectivity index (χ3v) is 5.12. The van der Waals surface area contributed by atoms with Gasteiger partial charge in [0.25, 0.3) is 11.4 Å². The number of hydrogen-bond donors (Lipinski definition) is 1. The second-order valence-corrected chi connectivity index (χ2v) is 6.35. The van der Waals surface area contributed by atoms with Crippen molar-refractivity contribution in [1.82, 2.24) is 0 Å². The van der Waals surface area contributed by atoms with Crippen LogP contribution in [0.1, 0.15) is 17.0 Å². The molecule has 1 fully saturated rings. The molecule has 3 atom stereocenters. The first-order valence-electron chi connectivity index (χ1n) is 7.81. The topological polar surface area (TPSA) is 98.3 Å². The minimum Gasteiger partial charge on any atom is -0.379 e. The van der Waals surface area contributed by atoms with Crippen molar-refractivity contribution in [2.45, 2.75) is 12.3 Å². The molecule has 0 heterocycles. The highest BCUT2D eigenvalue weighted by Gasteiger charge is 2.54. The summed E-state index contributed by atoms with van der Waals surface area (Å²) >= 11 is 0. The van der Waals surface area contributed by atoms with Gasteiger partial charge in [0.15, 0.2) is 0 Å². The molecule has 2 aromatic carbocycles. The van der Waals surface area contributed by atoms with Crippen LogP contribution in [0.15, 0.2) is 42.5 Å². The molecule has 24 heavy (non-hydrogen) atoms. The number of anilines is 1. The zero-order valence-corrected chi connectivity index (χ0v) is 12.7. The summed E-state index contributed by atoms with van der Waals surface area (Å²) in [5.74, 6) is 1.60. The number of fused-ring (bicyclic) bond motifs is 3. The Morgan fingerprint density at radius 2 is 1.88 bits per heavy atom. The Labute approximate surface area is 137 Å². The first kappa shape index (κ1) is 14.6. The maximum absolute atomic E-state index is 11.2. The predicted octanol–water partition coefficient (Wildman–Crippen LogP) is 3.50. The molecule has 0 spiro atoms. The molecule has 2 aliphatic carbocycles. The van der Waals surface area contributed by atoms with Gasteiger partial charge in [-0.15, -0.1) is 0 Å². The maximum atomic E-state index is 11.2. The molecule has 1 N–H and O–H groups in total. The molecule has 0 amide bonds. The van der Waals surface area contributed by atoms with Crippen molar-refractivity contribution >= 4 is 17.1 Å². The van der Waals surface area contributed by atoms with Gasteiger partial charge >= 0.3 is 0 Å². The van der Waals surface area contributed by atoms with E-state index in [2.05, 4.69) is 23.5 Å². The van der Waals surface area contributed by atoms with Crippen LogP contribution < -0.4 is 5.32 Å². The highest BCUT2D eigenvalue weighted by atomic mass is 16.6. The van der Waals surface area contributed by atoms with Gasteiger partial charge in [0.2, 0.25) is 0 Å². The summed E-state index contributed by atoms with van der Waals surface area (Å²) in [6, 6.07) is 12.1. The SMILES string of the molecule is O=[N+]([O-])c1ccc(NCC2C3Cc4ccccc4C23)c([N+](=O)[O-])c1. The molecule has 1 saturated carbocycles. The average molecular weight is 325 g/mol. The number of nitrogens with one attached hydrogen (secondary N) is 1. The zero-order valence-electron chi connectivity index (χ0n) is 12.7. The molecule has 0 bridgehead atoms. The first-order chi connectivity index (χ1) is 11.6. The first-order valence-corrected chi connectivity index (χ1v) is 7.81. The highest BCUT2D eigenvalue weighted by Crippen LogP contribution is 2.61. The van der Waals surface area contributed by atoms with E-state index in [1.54, 1.807) is 0 Å². The Balaban J connectivity index is 1.48. The molecule has 7 nitrogen and oxygen atoms in total. The van der Waals surface area contributed by atoms with E-state index in [4.69, 9.17) is 0 Å². The molecule has 7 heteroatoms. The molecular weight excluding hydrogens is 310 g/mol. The summed E-state index contributed by atoms with van der Waals surface area (Å²) in [7, 11) is 0. The largest absolute Gasteiger partial charge is 0.379 e. The monoisotopic (exact) mass is 325 g/mol. The van der Waals surface area contributed by atoms with Crippen LogP contribution >= 0.6 is 0 Å². The van der Waals surface area contributed by atoms with E-state index in [0.717, 1.165) is 12.5 Å². The van der Waals surface area contributed by atoms with Gasteiger partial charge in [0.05, 0.1) is 15.9 Å². The lowest BCUT2D eigenvalue weighted by Gasteiger charge is -2.10. The summed E-state index contributed by atoms with van der Waals surface area (Å²) in [4.78, 5) is 20.7. The van der Waals surface area contributed by atoms with E-state index >= 15 is 0 Å². The molecule has 2 aliphatic rings. The maximum Gasteiger partial charge on any atom is 0.299 e. The van der Waals surface area contributed by atoms with Crippen LogP contribution in [-0.4, -0.2) is 16.4 Å². The molecule has 0 saturated heterocycles. The molecule has 0 aromatic heterocycles. The van der Waals surface area contributed by atoms with Crippen molar-refractivity contribution in [3.05, 3.63) is 73.8 Å². The Bertz CT molecular complexity index is 851. The Kier molecular flexibility index (Phi) is 3.23. The van der Waals surface area contributed by atoms with Gasteiger partial charge in [-0.25, -0.2) is 0 Å². The fourth-order valence-electron chi connectivity index (χ4n) is 3.92. The number of hydrogen-bond acceptors (Lipinski definition) is 5. The van der Waals surface area contributed by atoms with Gasteiger partial charge in [-0.05, 0) is 41.4 Å². The van der Waals surface area contributed by atoms with E-state index in [0.29, 0.717) is 30.0 Å². The number of rotatable bonds is 5. The van der Waals surface area contributed by atoms with Crippen LogP contribution in [0.3, 0.4) is 0 Å². The normalized spacial score (nSPS) is 23.2. The second kappa shape index (κ2) is 5.30. The van der Waals surface area contributed by atoms with E-state index < -0.39 is 9.85 Å². The quantitative estimate of drug-likeness (QED) is 0.670. The fourth-order valence-corrected chi connectivity index (χ4v) is 3.92. The van der Waals surface area contributed by atoms with Crippen molar-refractivity contribution < 1.29 is 9.85 Å². The van der Waals surface area contributed by atoms with E-state index in [1.807, 2.05) is 6.07 Å². The van der Waals surface area contributed by atoms with Crippen LogP contribution in [0.5, 0.6) is 0 Å². The van der Waals surface area contributed by atoms with Crippen molar-refractivity contribution in [1.29, 1.82) is 0 Å². The summed E-state index contributed by atoms with van der Waals surface area (Å²) in [6.07, 6.45) is 1.07. The fraction of sp³-hybridized carbons (Fsp3) is 0.294. The van der Waals surface area contributed by atoms with Crippen LogP contribution in [-0.2, 0) is 6.42 Å². The number of nitro groups is 2. The van der Waals surface area contributed by atoms with Crippen LogP contribution in [0.2, 0.25) is 0 Å². The highest BCUT2D eigenvalue weighted by molar-refractivity contribution is 5.65. The second-order valence-electron chi connectivity index (χ2n) is 6.35. The van der Waals surface area contributed by atoms with Gasteiger partial charge in [-0.2, -0.15) is 0 Å². The number of nitro benzene ring substituents is 2. The number of benzene rings is 2. The van der Waals surface area contributed by atoms with Crippen LogP contribution in [0, 0.1) is 32.1 Å². The van der Waals surface area contributed by atoms with Gasteiger partial charge in [-0.1, -0.05) is 24.3 Å². The zero-order chi connectivity index (χ0) is 16.8. The van der Waals surface area contributed by atoms with E-state index in [1.165, 1.54) is 23.3 Å². The molecule has 122 valence electrons. The molecule has 4 rings (SSSR count). The van der Waals surface area contributed by atoms with Gasteiger partial charge in [-0.3, -0.25) is 20.2 Å². The van der Waals surface area contributed by atoms with Crippen molar-refractivity contribution in [2.24, 2.45) is 11.8 Å². The van der Waals surface area contributed by atoms with Crippen LogP contribution in [0.25, 0.3) is 0 Å². The predicted molar refractivity (Wildman–Crippen MR) is 88.1 cm³/mol. The number of non-ortho nitro benzene ring substituents is 1. The van der Waals surface area contributed by atoms with Crippen LogP contribution in [0.4, 0.5) is 17.1 Å². The van der Waals surface area contributed by atoms with E-state index in [-0.39, 0.29) is 11.4 Å². The Morgan fingerprint density at radius 1 is 1.08 bits per heavy atom. The van der Waals surface area contributed by atoms with Crippen molar-refractivity contribution in [3.63, 3.8) is 0 Å². The lowest BCUT2D eigenvalue weighted by molar-refractivity contribution is -0.393. The minimum absolute atomic E-state index is 0.254. The summed E-state index contributed by atoms with van der Waals surface area (Å²) in [6.45, 7) is 0.641. The minimum atomic E-state index is -0.626. The molecule has 2 aromatic rings. The van der Waals surface area contributed by atoms with Crippen molar-refractivity contribution in [3.8, 4) is 0 Å². The smallest absolute Gasteiger partial charge is 0.299 e. The average Bonchev–Trinajstić information content (AvgIpc) is 3.10. The van der Waals surface area contributed by atoms with Crippen molar-refractivity contribution in [2.75, 3.05) is 11.9 Å². The van der Waals surface area contributed by atoms with Gasteiger partial charge in [0.1, 0.15) is 5.69 Å². The Morgan fingerprint density at radius 3 is 2.62 bits per heavy atom.